The van der Waals surface area contributed by atoms with Gasteiger partial charge in [-0.2, -0.15) is 5.06 Å². The van der Waals surface area contributed by atoms with Crippen molar-refractivity contribution in [1.29, 1.82) is 0 Å². The van der Waals surface area contributed by atoms with Gasteiger partial charge in [0.05, 0.1) is 5.02 Å². The first-order valence-electron chi connectivity index (χ1n) is 5.13. The van der Waals surface area contributed by atoms with Crippen LogP contribution in [0.2, 0.25) is 5.02 Å². The Labute approximate surface area is 98.3 Å². The Hall–Kier alpha value is -1.26. The van der Waals surface area contributed by atoms with Crippen LogP contribution in [0.3, 0.4) is 0 Å². The number of carbonyl (C=O) groups is 1. The molecule has 0 aliphatic carbocycles. The molecule has 1 aliphatic heterocycles. The summed E-state index contributed by atoms with van der Waals surface area (Å²) in [4.78, 5) is 11.7. The Morgan fingerprint density at radius 3 is 3.00 bits per heavy atom. The molecule has 2 rings (SSSR count). The summed E-state index contributed by atoms with van der Waals surface area (Å²) < 4.78 is 5.50. The maximum Gasteiger partial charge on any atom is 0.291 e. The minimum atomic E-state index is -0.651. The zero-order chi connectivity index (χ0) is 11.7. The van der Waals surface area contributed by atoms with Gasteiger partial charge in [0.1, 0.15) is 5.69 Å². The highest BCUT2D eigenvalue weighted by atomic mass is 35.5. The van der Waals surface area contributed by atoms with Crippen LogP contribution >= 0.6 is 11.6 Å². The molecule has 5 heteroatoms. The first-order valence-corrected chi connectivity index (χ1v) is 5.51. The third kappa shape index (κ3) is 1.74. The number of anilines is 1. The Kier molecular flexibility index (Phi) is 3.03. The van der Waals surface area contributed by atoms with Crippen LogP contribution in [-0.2, 0) is 4.79 Å². The molecule has 0 aromatic heterocycles. The van der Waals surface area contributed by atoms with E-state index in [0.29, 0.717) is 27.9 Å². The highest BCUT2D eigenvalue weighted by molar-refractivity contribution is 6.32. The van der Waals surface area contributed by atoms with Crippen molar-refractivity contribution >= 4 is 23.2 Å². The molecule has 0 spiro atoms. The molecule has 1 aromatic carbocycles. The van der Waals surface area contributed by atoms with Crippen molar-refractivity contribution in [2.45, 2.75) is 25.9 Å². The fourth-order valence-electron chi connectivity index (χ4n) is 1.67. The zero-order valence-corrected chi connectivity index (χ0v) is 9.57. The first kappa shape index (κ1) is 11.2. The predicted molar refractivity (Wildman–Crippen MR) is 60.0 cm³/mol. The second kappa shape index (κ2) is 4.31. The van der Waals surface area contributed by atoms with Crippen LogP contribution in [0.5, 0.6) is 5.75 Å². The molecule has 1 heterocycles. The predicted octanol–water partition coefficient (Wildman–Crippen LogP) is 2.62. The standard InChI is InChI=1S/C11H12ClNO3/c1-2-4-9-11(14)13(15)8-6-3-5-7(12)10(8)16-9/h3,5-6,9,15H,2,4H2,1H3/t9-/m1/s1. The maximum atomic E-state index is 11.7. The zero-order valence-electron chi connectivity index (χ0n) is 8.81. The lowest BCUT2D eigenvalue weighted by atomic mass is 10.1. The summed E-state index contributed by atoms with van der Waals surface area (Å²) in [7, 11) is 0. The minimum Gasteiger partial charge on any atom is -0.477 e. The summed E-state index contributed by atoms with van der Waals surface area (Å²) in [6.07, 6.45) is 0.701. The van der Waals surface area contributed by atoms with Gasteiger partial charge in [-0.05, 0) is 18.6 Å². The number of rotatable bonds is 2. The van der Waals surface area contributed by atoms with Crippen molar-refractivity contribution in [1.82, 2.24) is 0 Å². The van der Waals surface area contributed by atoms with Crippen LogP contribution in [0.15, 0.2) is 18.2 Å². The van der Waals surface area contributed by atoms with E-state index in [2.05, 4.69) is 0 Å². The van der Waals surface area contributed by atoms with Gasteiger partial charge in [-0.25, -0.2) is 0 Å². The summed E-state index contributed by atoms with van der Waals surface area (Å²) in [6.45, 7) is 1.94. The van der Waals surface area contributed by atoms with Crippen molar-refractivity contribution < 1.29 is 14.7 Å². The Morgan fingerprint density at radius 2 is 2.31 bits per heavy atom. The molecular formula is C11H12ClNO3. The summed E-state index contributed by atoms with van der Waals surface area (Å²) in [5.74, 6) is -0.0821. The van der Waals surface area contributed by atoms with Gasteiger partial charge in [0, 0.05) is 0 Å². The third-order valence-corrected chi connectivity index (χ3v) is 2.77. The van der Waals surface area contributed by atoms with Crippen LogP contribution in [0.1, 0.15) is 19.8 Å². The number of nitrogens with zero attached hydrogens (tertiary/aromatic N) is 1. The maximum absolute atomic E-state index is 11.7. The van der Waals surface area contributed by atoms with Crippen molar-refractivity contribution in [2.24, 2.45) is 0 Å². The van der Waals surface area contributed by atoms with Crippen LogP contribution in [0.25, 0.3) is 0 Å². The van der Waals surface area contributed by atoms with Crippen LogP contribution < -0.4 is 9.80 Å². The Bertz CT molecular complexity index is 422. The third-order valence-electron chi connectivity index (χ3n) is 2.47. The molecule has 4 nitrogen and oxygen atoms in total. The van der Waals surface area contributed by atoms with Crippen molar-refractivity contribution in [3.63, 3.8) is 0 Å². The summed E-state index contributed by atoms with van der Waals surface area (Å²) in [6, 6.07) is 4.90. The highest BCUT2D eigenvalue weighted by Crippen LogP contribution is 2.39. The molecule has 0 bridgehead atoms. The Morgan fingerprint density at radius 1 is 1.56 bits per heavy atom. The van der Waals surface area contributed by atoms with E-state index in [1.54, 1.807) is 18.2 Å². The number of carbonyl (C=O) groups excluding carboxylic acids is 1. The smallest absolute Gasteiger partial charge is 0.291 e. The SMILES string of the molecule is CCC[C@H]1Oc2c(Cl)cccc2N(O)C1=O. The van der Waals surface area contributed by atoms with Gasteiger partial charge in [-0.15, -0.1) is 0 Å². The number of ether oxygens (including phenoxy) is 1. The average Bonchev–Trinajstić information content (AvgIpc) is 2.27. The minimum absolute atomic E-state index is 0.296. The lowest BCUT2D eigenvalue weighted by molar-refractivity contribution is -0.132. The molecule has 0 fully saturated rings. The molecule has 1 amide bonds. The number of halogens is 1. The van der Waals surface area contributed by atoms with Crippen LogP contribution in [0, 0.1) is 0 Å². The molecule has 1 atom stereocenters. The fraction of sp³-hybridized carbons (Fsp3) is 0.364. The molecule has 1 aliphatic rings. The van der Waals surface area contributed by atoms with Gasteiger partial charge in [0.15, 0.2) is 11.9 Å². The number of amides is 1. The van der Waals surface area contributed by atoms with Crippen molar-refractivity contribution in [3.05, 3.63) is 23.2 Å². The molecule has 0 radical (unpaired) electrons. The van der Waals surface area contributed by atoms with Crippen molar-refractivity contribution in [2.75, 3.05) is 5.06 Å². The first-order chi connectivity index (χ1) is 7.65. The number of hydrogen-bond donors (Lipinski definition) is 1. The van der Waals surface area contributed by atoms with Crippen LogP contribution in [-0.4, -0.2) is 17.2 Å². The van der Waals surface area contributed by atoms with Crippen molar-refractivity contribution in [3.8, 4) is 5.75 Å². The van der Waals surface area contributed by atoms with E-state index in [9.17, 15) is 10.0 Å². The van der Waals surface area contributed by atoms with Gasteiger partial charge in [0.25, 0.3) is 5.91 Å². The highest BCUT2D eigenvalue weighted by Gasteiger charge is 2.34. The van der Waals surface area contributed by atoms with E-state index in [1.165, 1.54) is 0 Å². The number of hydrogen-bond acceptors (Lipinski definition) is 3. The molecule has 1 aromatic rings. The second-order valence-corrected chi connectivity index (χ2v) is 4.04. The lowest BCUT2D eigenvalue weighted by Gasteiger charge is -2.30. The van der Waals surface area contributed by atoms with Gasteiger partial charge < -0.3 is 4.74 Å². The van der Waals surface area contributed by atoms with Crippen LogP contribution in [0.4, 0.5) is 5.69 Å². The number of benzene rings is 1. The van der Waals surface area contributed by atoms with E-state index in [0.717, 1.165) is 6.42 Å². The summed E-state index contributed by atoms with van der Waals surface area (Å²) >= 11 is 5.95. The van der Waals surface area contributed by atoms with Gasteiger partial charge in [-0.3, -0.25) is 10.0 Å². The molecule has 0 saturated heterocycles. The summed E-state index contributed by atoms with van der Waals surface area (Å²) in [5.41, 5.74) is 0.296. The quantitative estimate of drug-likeness (QED) is 0.810. The Balaban J connectivity index is 2.40. The topological polar surface area (TPSA) is 49.8 Å². The number of hydroxylamine groups is 1. The lowest BCUT2D eigenvalue weighted by Crippen LogP contribution is -2.44. The summed E-state index contributed by atoms with van der Waals surface area (Å²) in [5, 5.41) is 10.7. The van der Waals surface area contributed by atoms with E-state index in [4.69, 9.17) is 16.3 Å². The molecule has 0 unspecified atom stereocenters. The molecule has 0 saturated carbocycles. The fourth-order valence-corrected chi connectivity index (χ4v) is 1.89. The average molecular weight is 242 g/mol. The second-order valence-electron chi connectivity index (χ2n) is 3.63. The van der Waals surface area contributed by atoms with E-state index in [1.807, 2.05) is 6.92 Å². The number of fused-ring (bicyclic) bond motifs is 1. The largest absolute Gasteiger partial charge is 0.477 e. The number of para-hydroxylation sites is 1. The van der Waals surface area contributed by atoms with E-state index >= 15 is 0 Å². The molecular weight excluding hydrogens is 230 g/mol. The normalized spacial score (nSPS) is 19.3. The molecule has 16 heavy (non-hydrogen) atoms. The monoisotopic (exact) mass is 241 g/mol. The van der Waals surface area contributed by atoms with E-state index < -0.39 is 12.0 Å². The van der Waals surface area contributed by atoms with E-state index in [-0.39, 0.29) is 0 Å². The molecule has 86 valence electrons. The van der Waals surface area contributed by atoms with Gasteiger partial charge in [0.2, 0.25) is 0 Å². The molecule has 1 N–H and O–H groups in total. The van der Waals surface area contributed by atoms with Gasteiger partial charge in [-0.1, -0.05) is 31.0 Å². The van der Waals surface area contributed by atoms with Gasteiger partial charge >= 0.3 is 0 Å².